The number of halogens is 4. The highest BCUT2D eigenvalue weighted by molar-refractivity contribution is 6.30. The van der Waals surface area contributed by atoms with Gasteiger partial charge in [-0.05, 0) is 18.2 Å². The van der Waals surface area contributed by atoms with Crippen LogP contribution in [0.25, 0.3) is 0 Å². The molecule has 0 aromatic heterocycles. The molecular weight excluding hydrogens is 269 g/mol. The predicted molar refractivity (Wildman–Crippen MR) is 63.6 cm³/mol. The molecule has 0 aliphatic rings. The molecule has 0 radical (unpaired) electrons. The van der Waals surface area contributed by atoms with Crippen molar-refractivity contribution in [1.29, 1.82) is 0 Å². The Hall–Kier alpha value is -1.43. The largest absolute Gasteiger partial charge is 0.418 e. The number of hydrogen-bond donors (Lipinski definition) is 2. The highest BCUT2D eigenvalue weighted by atomic mass is 35.5. The lowest BCUT2D eigenvalue weighted by Crippen LogP contribution is -2.26. The lowest BCUT2D eigenvalue weighted by Gasteiger charge is -2.15. The highest BCUT2D eigenvalue weighted by Gasteiger charge is 2.33. The van der Waals surface area contributed by atoms with Gasteiger partial charge in [-0.2, -0.15) is 13.2 Å². The van der Waals surface area contributed by atoms with Crippen LogP contribution in [-0.4, -0.2) is 19.0 Å². The molecular formula is C11H12ClF3N2O. The number of alkyl halides is 3. The van der Waals surface area contributed by atoms with E-state index in [9.17, 15) is 18.0 Å². The van der Waals surface area contributed by atoms with E-state index in [0.717, 1.165) is 6.07 Å². The van der Waals surface area contributed by atoms with Crippen LogP contribution in [0.3, 0.4) is 0 Å². The van der Waals surface area contributed by atoms with Crippen molar-refractivity contribution >= 4 is 23.2 Å². The van der Waals surface area contributed by atoms with Gasteiger partial charge in [0.25, 0.3) is 0 Å². The molecule has 100 valence electrons. The molecule has 18 heavy (non-hydrogen) atoms. The van der Waals surface area contributed by atoms with Gasteiger partial charge in [0.2, 0.25) is 5.91 Å². The molecule has 3 nitrogen and oxygen atoms in total. The van der Waals surface area contributed by atoms with E-state index in [0.29, 0.717) is 0 Å². The molecule has 0 unspecified atom stereocenters. The summed E-state index contributed by atoms with van der Waals surface area (Å²) in [4.78, 5) is 10.6. The third-order valence-electron chi connectivity index (χ3n) is 2.10. The zero-order valence-electron chi connectivity index (χ0n) is 9.57. The van der Waals surface area contributed by atoms with Crippen molar-refractivity contribution in [1.82, 2.24) is 5.32 Å². The summed E-state index contributed by atoms with van der Waals surface area (Å²) in [7, 11) is 0. The fourth-order valence-electron chi connectivity index (χ4n) is 1.34. The average molecular weight is 281 g/mol. The number of benzene rings is 1. The number of carbonyl (C=O) groups excluding carboxylic acids is 1. The molecule has 0 atom stereocenters. The first-order valence-electron chi connectivity index (χ1n) is 5.16. The van der Waals surface area contributed by atoms with Crippen molar-refractivity contribution in [3.63, 3.8) is 0 Å². The van der Waals surface area contributed by atoms with Gasteiger partial charge in [0.1, 0.15) is 0 Å². The summed E-state index contributed by atoms with van der Waals surface area (Å²) >= 11 is 5.54. The quantitative estimate of drug-likeness (QED) is 0.833. The molecule has 1 aromatic carbocycles. The maximum atomic E-state index is 12.7. The number of carbonyl (C=O) groups is 1. The Labute approximate surface area is 107 Å². The summed E-state index contributed by atoms with van der Waals surface area (Å²) in [6.45, 7) is 1.78. The third-order valence-corrected chi connectivity index (χ3v) is 2.34. The molecule has 1 aromatic rings. The highest BCUT2D eigenvalue weighted by Crippen LogP contribution is 2.36. The zero-order valence-corrected chi connectivity index (χ0v) is 10.3. The lowest BCUT2D eigenvalue weighted by molar-refractivity contribution is -0.137. The van der Waals surface area contributed by atoms with Crippen molar-refractivity contribution in [2.45, 2.75) is 13.1 Å². The summed E-state index contributed by atoms with van der Waals surface area (Å²) < 4.78 is 38.1. The van der Waals surface area contributed by atoms with E-state index in [2.05, 4.69) is 10.6 Å². The van der Waals surface area contributed by atoms with E-state index in [4.69, 9.17) is 11.6 Å². The maximum absolute atomic E-state index is 12.7. The second kappa shape index (κ2) is 5.95. The minimum absolute atomic E-state index is 0.0229. The number of amides is 1. The summed E-state index contributed by atoms with van der Waals surface area (Å²) in [6, 6.07) is 3.50. The van der Waals surface area contributed by atoms with Crippen LogP contribution in [0.1, 0.15) is 12.5 Å². The predicted octanol–water partition coefficient (Wildman–Crippen LogP) is 2.91. The Morgan fingerprint density at radius 1 is 1.33 bits per heavy atom. The number of nitrogens with one attached hydrogen (secondary N) is 2. The summed E-state index contributed by atoms with van der Waals surface area (Å²) in [5.74, 6) is -0.232. The lowest BCUT2D eigenvalue weighted by atomic mass is 10.1. The molecule has 1 amide bonds. The minimum Gasteiger partial charge on any atom is -0.383 e. The molecule has 0 fully saturated rings. The van der Waals surface area contributed by atoms with Gasteiger partial charge in [-0.15, -0.1) is 0 Å². The van der Waals surface area contributed by atoms with Crippen LogP contribution in [0.2, 0.25) is 5.02 Å². The van der Waals surface area contributed by atoms with Crippen LogP contribution in [0.15, 0.2) is 18.2 Å². The van der Waals surface area contributed by atoms with E-state index >= 15 is 0 Å². The first-order valence-corrected chi connectivity index (χ1v) is 5.53. The van der Waals surface area contributed by atoms with E-state index in [1.165, 1.54) is 19.1 Å². The topological polar surface area (TPSA) is 41.1 Å². The second-order valence-corrected chi connectivity index (χ2v) is 4.03. The van der Waals surface area contributed by atoms with Gasteiger partial charge in [0, 0.05) is 30.7 Å². The van der Waals surface area contributed by atoms with Crippen LogP contribution in [-0.2, 0) is 11.0 Å². The molecule has 0 aliphatic heterocycles. The van der Waals surface area contributed by atoms with Gasteiger partial charge in [-0.1, -0.05) is 11.6 Å². The average Bonchev–Trinajstić information content (AvgIpc) is 2.24. The van der Waals surface area contributed by atoms with Crippen molar-refractivity contribution in [3.05, 3.63) is 28.8 Å². The van der Waals surface area contributed by atoms with Gasteiger partial charge in [-0.3, -0.25) is 4.79 Å². The van der Waals surface area contributed by atoms with E-state index < -0.39 is 11.7 Å². The minimum atomic E-state index is -4.47. The summed E-state index contributed by atoms with van der Waals surface area (Å²) in [5, 5.41) is 5.11. The monoisotopic (exact) mass is 280 g/mol. The standard InChI is InChI=1S/C11H12ClF3N2O/c1-7(18)16-4-5-17-10-3-2-8(12)6-9(10)11(13,14)15/h2-3,6,17H,4-5H2,1H3,(H,16,18). The van der Waals surface area contributed by atoms with Gasteiger partial charge < -0.3 is 10.6 Å². The van der Waals surface area contributed by atoms with E-state index in [1.807, 2.05) is 0 Å². The molecule has 1 rings (SSSR count). The first kappa shape index (κ1) is 14.6. The Morgan fingerprint density at radius 3 is 2.56 bits per heavy atom. The van der Waals surface area contributed by atoms with Crippen LogP contribution < -0.4 is 10.6 Å². The van der Waals surface area contributed by atoms with E-state index in [1.54, 1.807) is 0 Å². The number of anilines is 1. The number of rotatable bonds is 4. The fraction of sp³-hybridized carbons (Fsp3) is 0.364. The van der Waals surface area contributed by atoms with Gasteiger partial charge in [-0.25, -0.2) is 0 Å². The van der Waals surface area contributed by atoms with Crippen molar-refractivity contribution in [2.75, 3.05) is 18.4 Å². The van der Waals surface area contributed by atoms with Gasteiger partial charge in [0.15, 0.2) is 0 Å². The van der Waals surface area contributed by atoms with Crippen LogP contribution in [0, 0.1) is 0 Å². The molecule has 0 saturated carbocycles. The normalized spacial score (nSPS) is 11.2. The van der Waals surface area contributed by atoms with E-state index in [-0.39, 0.29) is 29.7 Å². The molecule has 0 heterocycles. The van der Waals surface area contributed by atoms with Gasteiger partial charge in [0.05, 0.1) is 5.56 Å². The van der Waals surface area contributed by atoms with Crippen LogP contribution in [0.4, 0.5) is 18.9 Å². The summed E-state index contributed by atoms with van der Waals surface area (Å²) in [6.07, 6.45) is -4.47. The maximum Gasteiger partial charge on any atom is 0.418 e. The first-order chi connectivity index (χ1) is 8.30. The van der Waals surface area contributed by atoms with Gasteiger partial charge >= 0.3 is 6.18 Å². The fourth-order valence-corrected chi connectivity index (χ4v) is 1.51. The van der Waals surface area contributed by atoms with Crippen molar-refractivity contribution in [3.8, 4) is 0 Å². The Morgan fingerprint density at radius 2 is 2.00 bits per heavy atom. The van der Waals surface area contributed by atoms with Crippen LogP contribution >= 0.6 is 11.6 Å². The smallest absolute Gasteiger partial charge is 0.383 e. The molecule has 0 spiro atoms. The van der Waals surface area contributed by atoms with Crippen LogP contribution in [0.5, 0.6) is 0 Å². The van der Waals surface area contributed by atoms with Crippen molar-refractivity contribution in [2.24, 2.45) is 0 Å². The Kier molecular flexibility index (Phi) is 4.84. The molecule has 0 bridgehead atoms. The Bertz CT molecular complexity index is 435. The molecule has 0 aliphatic carbocycles. The Balaban J connectivity index is 2.73. The SMILES string of the molecule is CC(=O)NCCNc1ccc(Cl)cc1C(F)(F)F. The molecule has 7 heteroatoms. The third kappa shape index (κ3) is 4.44. The van der Waals surface area contributed by atoms with Crippen molar-refractivity contribution < 1.29 is 18.0 Å². The summed E-state index contributed by atoms with van der Waals surface area (Å²) in [5.41, 5.74) is -0.880. The zero-order chi connectivity index (χ0) is 13.8. The second-order valence-electron chi connectivity index (χ2n) is 3.60. The molecule has 0 saturated heterocycles. The number of hydrogen-bond acceptors (Lipinski definition) is 2. The molecule has 2 N–H and O–H groups in total.